The van der Waals surface area contributed by atoms with E-state index >= 15 is 0 Å². The molecule has 1 unspecified atom stereocenters. The van der Waals surface area contributed by atoms with E-state index in [1.807, 2.05) is 23.5 Å². The Balaban J connectivity index is 1.69. The van der Waals surface area contributed by atoms with Gasteiger partial charge in [0.15, 0.2) is 11.5 Å². The molecular formula is C16H19NO2S. The van der Waals surface area contributed by atoms with Gasteiger partial charge in [0.2, 0.25) is 0 Å². The molecule has 4 heteroatoms. The molecule has 1 aliphatic heterocycles. The van der Waals surface area contributed by atoms with Gasteiger partial charge in [0, 0.05) is 27.9 Å². The number of nitrogens with one attached hydrogen (secondary N) is 1. The van der Waals surface area contributed by atoms with Gasteiger partial charge in [-0.1, -0.05) is 12.1 Å². The normalized spacial score (nSPS) is 15.1. The molecule has 1 aromatic heterocycles. The molecule has 1 aliphatic rings. The number of fused-ring (bicyclic) bond motifs is 1. The molecule has 0 aliphatic carbocycles. The number of benzene rings is 1. The third-order valence-corrected chi connectivity index (χ3v) is 4.62. The number of thiophene rings is 1. The topological polar surface area (TPSA) is 30.5 Å². The molecule has 3 nitrogen and oxygen atoms in total. The van der Waals surface area contributed by atoms with Crippen LogP contribution in [0.15, 0.2) is 30.3 Å². The van der Waals surface area contributed by atoms with Crippen LogP contribution in [0.25, 0.3) is 0 Å². The molecule has 2 heterocycles. The standard InChI is InChI=1S/C16H19NO2S/c1-11-6-7-15(20-11)12(2)17-10-13-4-3-5-14-16(13)19-9-8-18-14/h3-7,12,17H,8-10H2,1-2H3. The minimum absolute atomic E-state index is 0.342. The van der Waals surface area contributed by atoms with Crippen molar-refractivity contribution in [2.75, 3.05) is 13.2 Å². The first-order valence-electron chi connectivity index (χ1n) is 6.91. The maximum Gasteiger partial charge on any atom is 0.165 e. The molecule has 0 saturated carbocycles. The quantitative estimate of drug-likeness (QED) is 0.931. The number of hydrogen-bond acceptors (Lipinski definition) is 4. The van der Waals surface area contributed by atoms with E-state index in [2.05, 4.69) is 37.4 Å². The Bertz CT molecular complexity index is 594. The smallest absolute Gasteiger partial charge is 0.165 e. The summed E-state index contributed by atoms with van der Waals surface area (Å²) in [5.41, 5.74) is 1.15. The predicted molar refractivity (Wildman–Crippen MR) is 81.7 cm³/mol. The van der Waals surface area contributed by atoms with Gasteiger partial charge in [0.1, 0.15) is 13.2 Å². The highest BCUT2D eigenvalue weighted by molar-refractivity contribution is 7.12. The van der Waals surface area contributed by atoms with E-state index in [0.717, 1.165) is 23.6 Å². The van der Waals surface area contributed by atoms with Crippen molar-refractivity contribution >= 4 is 11.3 Å². The van der Waals surface area contributed by atoms with Crippen molar-refractivity contribution < 1.29 is 9.47 Å². The molecule has 20 heavy (non-hydrogen) atoms. The van der Waals surface area contributed by atoms with Gasteiger partial charge < -0.3 is 14.8 Å². The van der Waals surface area contributed by atoms with E-state index in [4.69, 9.17) is 9.47 Å². The third kappa shape index (κ3) is 2.81. The first-order valence-corrected chi connectivity index (χ1v) is 7.73. The minimum atomic E-state index is 0.342. The van der Waals surface area contributed by atoms with Crippen molar-refractivity contribution in [1.29, 1.82) is 0 Å². The molecule has 1 N–H and O–H groups in total. The second-order valence-electron chi connectivity index (χ2n) is 4.99. The van der Waals surface area contributed by atoms with Crippen LogP contribution in [0.5, 0.6) is 11.5 Å². The van der Waals surface area contributed by atoms with Crippen LogP contribution >= 0.6 is 11.3 Å². The lowest BCUT2D eigenvalue weighted by Crippen LogP contribution is -2.20. The van der Waals surface area contributed by atoms with Gasteiger partial charge in [-0.2, -0.15) is 0 Å². The number of rotatable bonds is 4. The molecule has 2 aromatic rings. The third-order valence-electron chi connectivity index (χ3n) is 3.43. The zero-order valence-electron chi connectivity index (χ0n) is 11.8. The first kappa shape index (κ1) is 13.5. The largest absolute Gasteiger partial charge is 0.486 e. The zero-order valence-corrected chi connectivity index (χ0v) is 12.6. The monoisotopic (exact) mass is 289 g/mol. The molecule has 0 bridgehead atoms. The molecule has 0 fully saturated rings. The van der Waals surface area contributed by atoms with Crippen LogP contribution in [0.2, 0.25) is 0 Å². The summed E-state index contributed by atoms with van der Waals surface area (Å²) in [6.45, 7) is 6.38. The average molecular weight is 289 g/mol. The molecule has 0 amide bonds. The van der Waals surface area contributed by atoms with Crippen molar-refractivity contribution in [2.45, 2.75) is 26.4 Å². The van der Waals surface area contributed by atoms with Crippen molar-refractivity contribution in [3.63, 3.8) is 0 Å². The Morgan fingerprint density at radius 1 is 1.20 bits per heavy atom. The highest BCUT2D eigenvalue weighted by atomic mass is 32.1. The zero-order chi connectivity index (χ0) is 13.9. The van der Waals surface area contributed by atoms with Crippen LogP contribution in [0.1, 0.15) is 28.3 Å². The van der Waals surface area contributed by atoms with Crippen LogP contribution in [0.3, 0.4) is 0 Å². The van der Waals surface area contributed by atoms with E-state index in [1.165, 1.54) is 9.75 Å². The Labute approximate surface area is 123 Å². The number of hydrogen-bond donors (Lipinski definition) is 1. The molecule has 3 rings (SSSR count). The van der Waals surface area contributed by atoms with E-state index < -0.39 is 0 Å². The van der Waals surface area contributed by atoms with Crippen molar-refractivity contribution in [3.05, 3.63) is 45.6 Å². The van der Waals surface area contributed by atoms with Gasteiger partial charge in [-0.05, 0) is 32.0 Å². The van der Waals surface area contributed by atoms with Crippen LogP contribution in [-0.4, -0.2) is 13.2 Å². The molecule has 1 atom stereocenters. The summed E-state index contributed by atoms with van der Waals surface area (Å²) in [5.74, 6) is 1.75. The van der Waals surface area contributed by atoms with Gasteiger partial charge in [0.25, 0.3) is 0 Å². The Hall–Kier alpha value is -1.52. The first-order chi connectivity index (χ1) is 9.74. The average Bonchev–Trinajstić information content (AvgIpc) is 2.91. The second-order valence-corrected chi connectivity index (χ2v) is 6.31. The van der Waals surface area contributed by atoms with E-state index in [9.17, 15) is 0 Å². The van der Waals surface area contributed by atoms with Crippen LogP contribution < -0.4 is 14.8 Å². The van der Waals surface area contributed by atoms with E-state index in [0.29, 0.717) is 19.3 Å². The number of ether oxygens (including phenoxy) is 2. The van der Waals surface area contributed by atoms with Crippen LogP contribution in [-0.2, 0) is 6.54 Å². The Morgan fingerprint density at radius 2 is 2.05 bits per heavy atom. The van der Waals surface area contributed by atoms with E-state index in [-0.39, 0.29) is 0 Å². The maximum atomic E-state index is 5.73. The van der Waals surface area contributed by atoms with Gasteiger partial charge in [-0.15, -0.1) is 11.3 Å². The number of aryl methyl sites for hydroxylation is 1. The number of para-hydroxylation sites is 1. The minimum Gasteiger partial charge on any atom is -0.486 e. The molecule has 106 valence electrons. The summed E-state index contributed by atoms with van der Waals surface area (Å²) in [4.78, 5) is 2.71. The van der Waals surface area contributed by atoms with Gasteiger partial charge in [-0.3, -0.25) is 0 Å². The molecular weight excluding hydrogens is 270 g/mol. The highest BCUT2D eigenvalue weighted by Gasteiger charge is 2.16. The lowest BCUT2D eigenvalue weighted by Gasteiger charge is -2.22. The lowest BCUT2D eigenvalue weighted by atomic mass is 10.1. The fourth-order valence-corrected chi connectivity index (χ4v) is 3.23. The predicted octanol–water partition coefficient (Wildman–Crippen LogP) is 3.68. The summed E-state index contributed by atoms with van der Waals surface area (Å²) in [7, 11) is 0. The lowest BCUT2D eigenvalue weighted by molar-refractivity contribution is 0.169. The fourth-order valence-electron chi connectivity index (χ4n) is 2.32. The molecule has 0 radical (unpaired) electrons. The van der Waals surface area contributed by atoms with Crippen molar-refractivity contribution in [2.24, 2.45) is 0 Å². The van der Waals surface area contributed by atoms with Crippen molar-refractivity contribution in [1.82, 2.24) is 5.32 Å². The summed E-state index contributed by atoms with van der Waals surface area (Å²) >= 11 is 1.84. The Morgan fingerprint density at radius 3 is 2.85 bits per heavy atom. The second kappa shape index (κ2) is 5.85. The highest BCUT2D eigenvalue weighted by Crippen LogP contribution is 2.34. The maximum absolute atomic E-state index is 5.73. The summed E-state index contributed by atoms with van der Waals surface area (Å²) in [6, 6.07) is 10.8. The van der Waals surface area contributed by atoms with Gasteiger partial charge >= 0.3 is 0 Å². The van der Waals surface area contributed by atoms with Gasteiger partial charge in [-0.25, -0.2) is 0 Å². The molecule has 0 saturated heterocycles. The Kier molecular flexibility index (Phi) is 3.94. The molecule has 1 aromatic carbocycles. The summed E-state index contributed by atoms with van der Waals surface area (Å²) in [6.07, 6.45) is 0. The summed E-state index contributed by atoms with van der Waals surface area (Å²) in [5, 5.41) is 3.55. The van der Waals surface area contributed by atoms with Crippen molar-refractivity contribution in [3.8, 4) is 11.5 Å². The SMILES string of the molecule is Cc1ccc(C(C)NCc2cccc3c2OCCO3)s1. The van der Waals surface area contributed by atoms with Crippen LogP contribution in [0, 0.1) is 6.92 Å². The molecule has 0 spiro atoms. The summed E-state index contributed by atoms with van der Waals surface area (Å²) < 4.78 is 11.3. The van der Waals surface area contributed by atoms with E-state index in [1.54, 1.807) is 0 Å². The fraction of sp³-hybridized carbons (Fsp3) is 0.375. The van der Waals surface area contributed by atoms with Crippen LogP contribution in [0.4, 0.5) is 0 Å². The van der Waals surface area contributed by atoms with Gasteiger partial charge in [0.05, 0.1) is 0 Å².